The van der Waals surface area contributed by atoms with E-state index < -0.39 is 10.7 Å². The number of ether oxygens (including phenoxy) is 1. The fraction of sp³-hybridized carbons (Fsp3) is 0.333. The number of benzene rings is 2. The van der Waals surface area contributed by atoms with Crippen LogP contribution in [-0.2, 0) is 10.2 Å². The second kappa shape index (κ2) is 7.14. The molecule has 0 amide bonds. The molecule has 0 saturated carbocycles. The molecule has 0 spiro atoms. The fourth-order valence-electron chi connectivity index (χ4n) is 3.20. The van der Waals surface area contributed by atoms with Crippen LogP contribution in [0.5, 0.6) is 0 Å². The number of anilines is 1. The van der Waals surface area contributed by atoms with Gasteiger partial charge in [0.25, 0.3) is 5.69 Å². The van der Waals surface area contributed by atoms with Gasteiger partial charge in [0, 0.05) is 25.2 Å². The van der Waals surface area contributed by atoms with Crippen molar-refractivity contribution in [3.63, 3.8) is 0 Å². The Hall–Kier alpha value is -2.54. The van der Waals surface area contributed by atoms with Crippen LogP contribution in [-0.4, -0.2) is 24.7 Å². The molecule has 2 aromatic rings. The summed E-state index contributed by atoms with van der Waals surface area (Å²) in [5, 5.41) is 14.2. The zero-order valence-electron chi connectivity index (χ0n) is 13.5. The van der Waals surface area contributed by atoms with E-state index in [0.717, 1.165) is 11.6 Å². The molecule has 1 heterocycles. The quantitative estimate of drug-likeness (QED) is 0.654. The largest absolute Gasteiger partial charge is 0.381 e. The molecule has 1 saturated heterocycles. The summed E-state index contributed by atoms with van der Waals surface area (Å²) in [5.74, 6) is -0.968. The molecule has 3 rings (SSSR count). The highest BCUT2D eigenvalue weighted by molar-refractivity contribution is 5.61. The van der Waals surface area contributed by atoms with Gasteiger partial charge in [-0.25, -0.2) is 8.78 Å². The minimum atomic E-state index is -0.656. The molecule has 132 valence electrons. The van der Waals surface area contributed by atoms with Crippen LogP contribution in [0.1, 0.15) is 18.4 Å². The normalized spacial score (nSPS) is 16.4. The van der Waals surface area contributed by atoms with Crippen molar-refractivity contribution in [3.05, 3.63) is 69.8 Å². The number of nitrogens with one attached hydrogen (secondary N) is 1. The Morgan fingerprint density at radius 2 is 1.72 bits per heavy atom. The maximum absolute atomic E-state index is 13.3. The highest BCUT2D eigenvalue weighted by Gasteiger charge is 2.35. The van der Waals surface area contributed by atoms with E-state index in [9.17, 15) is 18.9 Å². The van der Waals surface area contributed by atoms with Crippen molar-refractivity contribution in [2.24, 2.45) is 0 Å². The lowest BCUT2D eigenvalue weighted by atomic mass is 9.74. The summed E-state index contributed by atoms with van der Waals surface area (Å²) in [6, 6.07) is 9.74. The summed E-state index contributed by atoms with van der Waals surface area (Å²) in [7, 11) is 0. The van der Waals surface area contributed by atoms with Gasteiger partial charge in [-0.1, -0.05) is 12.1 Å². The zero-order valence-corrected chi connectivity index (χ0v) is 13.5. The van der Waals surface area contributed by atoms with Crippen molar-refractivity contribution >= 4 is 11.4 Å². The molecule has 0 aliphatic carbocycles. The molecule has 0 bridgehead atoms. The van der Waals surface area contributed by atoms with Gasteiger partial charge in [-0.05, 0) is 42.7 Å². The van der Waals surface area contributed by atoms with Crippen LogP contribution in [0.2, 0.25) is 0 Å². The molecule has 1 aliphatic rings. The number of nitro benzene ring substituents is 1. The predicted molar refractivity (Wildman–Crippen MR) is 89.7 cm³/mol. The summed E-state index contributed by atoms with van der Waals surface area (Å²) in [6.45, 7) is 1.53. The fourth-order valence-corrected chi connectivity index (χ4v) is 3.20. The Kier molecular flexibility index (Phi) is 4.94. The Bertz CT molecular complexity index is 759. The van der Waals surface area contributed by atoms with Gasteiger partial charge >= 0.3 is 0 Å². The number of halogens is 2. The molecule has 0 aromatic heterocycles. The van der Waals surface area contributed by atoms with Crippen molar-refractivity contribution < 1.29 is 18.4 Å². The maximum Gasteiger partial charge on any atom is 0.295 e. The Labute approximate surface area is 143 Å². The van der Waals surface area contributed by atoms with Crippen molar-refractivity contribution in [1.82, 2.24) is 0 Å². The van der Waals surface area contributed by atoms with Crippen molar-refractivity contribution in [1.29, 1.82) is 0 Å². The van der Waals surface area contributed by atoms with E-state index in [1.807, 2.05) is 0 Å². The Morgan fingerprint density at radius 1 is 1.08 bits per heavy atom. The first-order valence-corrected chi connectivity index (χ1v) is 8.02. The van der Waals surface area contributed by atoms with Crippen LogP contribution in [0.4, 0.5) is 20.2 Å². The third-order valence-corrected chi connectivity index (χ3v) is 4.68. The van der Waals surface area contributed by atoms with Crippen LogP contribution in [0, 0.1) is 21.7 Å². The zero-order chi connectivity index (χ0) is 17.9. The third kappa shape index (κ3) is 3.76. The first-order valence-electron chi connectivity index (χ1n) is 8.02. The van der Waals surface area contributed by atoms with Crippen LogP contribution >= 0.6 is 0 Å². The van der Waals surface area contributed by atoms with Gasteiger partial charge in [0.2, 0.25) is 0 Å². The average molecular weight is 348 g/mol. The monoisotopic (exact) mass is 348 g/mol. The van der Waals surface area contributed by atoms with E-state index in [4.69, 9.17) is 4.74 Å². The summed E-state index contributed by atoms with van der Waals surface area (Å²) < 4.78 is 32.0. The third-order valence-electron chi connectivity index (χ3n) is 4.68. The molecule has 2 aromatic carbocycles. The van der Waals surface area contributed by atoms with Gasteiger partial charge in [0.1, 0.15) is 17.3 Å². The lowest BCUT2D eigenvalue weighted by Crippen LogP contribution is -2.40. The van der Waals surface area contributed by atoms with Crippen molar-refractivity contribution in [3.8, 4) is 0 Å². The summed E-state index contributed by atoms with van der Waals surface area (Å²) >= 11 is 0. The average Bonchev–Trinajstić information content (AvgIpc) is 2.62. The first kappa shape index (κ1) is 17.3. The molecule has 0 unspecified atom stereocenters. The Morgan fingerprint density at radius 3 is 2.36 bits per heavy atom. The minimum Gasteiger partial charge on any atom is -0.381 e. The lowest BCUT2D eigenvalue weighted by molar-refractivity contribution is -0.384. The second-order valence-electron chi connectivity index (χ2n) is 6.17. The van der Waals surface area contributed by atoms with E-state index in [2.05, 4.69) is 5.32 Å². The number of rotatable bonds is 5. The van der Waals surface area contributed by atoms with Gasteiger partial charge in [0.15, 0.2) is 0 Å². The first-order chi connectivity index (χ1) is 12.0. The van der Waals surface area contributed by atoms with E-state index in [1.54, 1.807) is 12.1 Å². The maximum atomic E-state index is 13.3. The highest BCUT2D eigenvalue weighted by Crippen LogP contribution is 2.36. The summed E-state index contributed by atoms with van der Waals surface area (Å²) in [4.78, 5) is 10.5. The molecule has 5 nitrogen and oxygen atoms in total. The molecular formula is C18H18F2N2O3. The van der Waals surface area contributed by atoms with E-state index in [-0.39, 0.29) is 22.6 Å². The molecule has 7 heteroatoms. The molecule has 1 aliphatic heterocycles. The standard InChI is InChI=1S/C18H18F2N2O3/c19-14-3-1-13(2-4-14)18(7-9-25-10-8-18)12-21-16-6-5-15(20)11-17(16)22(23)24/h1-6,11,21H,7-10,12H2. The van der Waals surface area contributed by atoms with Crippen molar-refractivity contribution in [2.45, 2.75) is 18.3 Å². The van der Waals surface area contributed by atoms with Crippen LogP contribution in [0.3, 0.4) is 0 Å². The van der Waals surface area contributed by atoms with Gasteiger partial charge in [-0.15, -0.1) is 0 Å². The van der Waals surface area contributed by atoms with E-state index >= 15 is 0 Å². The predicted octanol–water partition coefficient (Wildman–Crippen LogP) is 4.03. The van der Waals surface area contributed by atoms with Crippen LogP contribution in [0.15, 0.2) is 42.5 Å². The smallest absolute Gasteiger partial charge is 0.295 e. The van der Waals surface area contributed by atoms with Crippen LogP contribution < -0.4 is 5.32 Å². The second-order valence-corrected chi connectivity index (χ2v) is 6.17. The molecule has 0 atom stereocenters. The number of hydrogen-bond donors (Lipinski definition) is 1. The lowest BCUT2D eigenvalue weighted by Gasteiger charge is -2.38. The van der Waals surface area contributed by atoms with Crippen LogP contribution in [0.25, 0.3) is 0 Å². The van der Waals surface area contributed by atoms with Crippen molar-refractivity contribution in [2.75, 3.05) is 25.1 Å². The Balaban J connectivity index is 1.87. The number of nitro groups is 1. The van der Waals surface area contributed by atoms with Gasteiger partial charge < -0.3 is 10.1 Å². The molecule has 1 N–H and O–H groups in total. The molecular weight excluding hydrogens is 330 g/mol. The van der Waals surface area contributed by atoms with Gasteiger partial charge in [-0.3, -0.25) is 10.1 Å². The number of nitrogens with zero attached hydrogens (tertiary/aromatic N) is 1. The topological polar surface area (TPSA) is 64.4 Å². The highest BCUT2D eigenvalue weighted by atomic mass is 19.1. The summed E-state index contributed by atoms with van der Waals surface area (Å²) in [6.07, 6.45) is 1.42. The molecule has 0 radical (unpaired) electrons. The van der Waals surface area contributed by atoms with Gasteiger partial charge in [-0.2, -0.15) is 0 Å². The SMILES string of the molecule is O=[N+]([O-])c1cc(F)ccc1NCC1(c2ccc(F)cc2)CCOCC1. The van der Waals surface area contributed by atoms with Gasteiger partial charge in [0.05, 0.1) is 11.0 Å². The molecule has 1 fully saturated rings. The van der Waals surface area contributed by atoms with E-state index in [0.29, 0.717) is 32.6 Å². The minimum absolute atomic E-state index is 0.263. The summed E-state index contributed by atoms with van der Waals surface area (Å²) in [5.41, 5.74) is 0.587. The number of hydrogen-bond acceptors (Lipinski definition) is 4. The molecule has 25 heavy (non-hydrogen) atoms. The van der Waals surface area contributed by atoms with E-state index in [1.165, 1.54) is 24.3 Å².